The summed E-state index contributed by atoms with van der Waals surface area (Å²) in [5, 5.41) is 0. The number of carbonyl (C=O) groups is 2. The monoisotopic (exact) mass is 226 g/mol. The van der Waals surface area contributed by atoms with Gasteiger partial charge < -0.3 is 4.74 Å². The molecule has 0 bridgehead atoms. The van der Waals surface area contributed by atoms with Crippen LogP contribution < -0.4 is 0 Å². The zero-order valence-electron chi connectivity index (χ0n) is 10.5. The second-order valence-corrected chi connectivity index (χ2v) is 5.06. The van der Waals surface area contributed by atoms with Crippen LogP contribution in [-0.4, -0.2) is 18.9 Å². The summed E-state index contributed by atoms with van der Waals surface area (Å²) in [6, 6.07) is 0. The van der Waals surface area contributed by atoms with Crippen LogP contribution in [0.3, 0.4) is 0 Å². The molecular formula is C13H22O3. The van der Waals surface area contributed by atoms with Crippen LogP contribution >= 0.6 is 0 Å². The molecule has 2 atom stereocenters. The van der Waals surface area contributed by atoms with E-state index in [4.69, 9.17) is 0 Å². The van der Waals surface area contributed by atoms with Crippen molar-refractivity contribution >= 4 is 11.8 Å². The maximum absolute atomic E-state index is 11.7. The Bertz CT molecular complexity index is 258. The van der Waals surface area contributed by atoms with E-state index in [1.54, 1.807) is 0 Å². The molecular weight excluding hydrogens is 204 g/mol. The summed E-state index contributed by atoms with van der Waals surface area (Å²) >= 11 is 0. The summed E-state index contributed by atoms with van der Waals surface area (Å²) in [7, 11) is 1.39. The summed E-state index contributed by atoms with van der Waals surface area (Å²) in [4.78, 5) is 22.8. The van der Waals surface area contributed by atoms with Crippen molar-refractivity contribution in [3.63, 3.8) is 0 Å². The maximum Gasteiger partial charge on any atom is 0.305 e. The predicted molar refractivity (Wildman–Crippen MR) is 61.9 cm³/mol. The number of methoxy groups -OCH3 is 1. The first-order chi connectivity index (χ1) is 7.54. The lowest BCUT2D eigenvalue weighted by Crippen LogP contribution is -2.28. The maximum atomic E-state index is 11.7. The Morgan fingerprint density at radius 1 is 1.50 bits per heavy atom. The molecule has 0 spiro atoms. The smallest absolute Gasteiger partial charge is 0.305 e. The molecule has 2 unspecified atom stereocenters. The number of ketones is 1. The van der Waals surface area contributed by atoms with E-state index < -0.39 is 0 Å². The van der Waals surface area contributed by atoms with E-state index in [-0.39, 0.29) is 11.9 Å². The molecule has 0 aromatic carbocycles. The first-order valence-electron chi connectivity index (χ1n) is 6.14. The van der Waals surface area contributed by atoms with E-state index in [1.165, 1.54) is 7.11 Å². The molecule has 0 N–H and O–H groups in total. The fourth-order valence-corrected chi connectivity index (χ4v) is 2.43. The fourth-order valence-electron chi connectivity index (χ4n) is 2.43. The SMILES string of the molecule is COC(=O)CCC1CC(C(C)C)CCC1=O. The van der Waals surface area contributed by atoms with Crippen molar-refractivity contribution in [1.29, 1.82) is 0 Å². The average molecular weight is 226 g/mol. The van der Waals surface area contributed by atoms with Crippen LogP contribution in [0.5, 0.6) is 0 Å². The second-order valence-electron chi connectivity index (χ2n) is 5.06. The zero-order valence-corrected chi connectivity index (χ0v) is 10.5. The fraction of sp³-hybridized carbons (Fsp3) is 0.846. The van der Waals surface area contributed by atoms with Crippen molar-refractivity contribution in [2.24, 2.45) is 17.8 Å². The number of hydrogen-bond donors (Lipinski definition) is 0. The highest BCUT2D eigenvalue weighted by Crippen LogP contribution is 2.33. The van der Waals surface area contributed by atoms with Gasteiger partial charge in [-0.05, 0) is 31.1 Å². The van der Waals surface area contributed by atoms with Gasteiger partial charge in [0.25, 0.3) is 0 Å². The van der Waals surface area contributed by atoms with Crippen LogP contribution in [0, 0.1) is 17.8 Å². The Morgan fingerprint density at radius 3 is 2.75 bits per heavy atom. The zero-order chi connectivity index (χ0) is 12.1. The third-order valence-corrected chi connectivity index (χ3v) is 3.67. The Hall–Kier alpha value is -0.860. The van der Waals surface area contributed by atoms with Crippen molar-refractivity contribution in [1.82, 2.24) is 0 Å². The first kappa shape index (κ1) is 13.2. The lowest BCUT2D eigenvalue weighted by molar-refractivity contribution is -0.141. The van der Waals surface area contributed by atoms with Gasteiger partial charge in [-0.3, -0.25) is 9.59 Å². The number of hydrogen-bond acceptors (Lipinski definition) is 3. The summed E-state index contributed by atoms with van der Waals surface area (Å²) in [5.74, 6) is 1.48. The van der Waals surface area contributed by atoms with E-state index >= 15 is 0 Å². The molecule has 1 fully saturated rings. The molecule has 1 rings (SSSR count). The Kier molecular flexibility index (Phi) is 4.97. The molecule has 3 nitrogen and oxygen atoms in total. The van der Waals surface area contributed by atoms with E-state index in [0.29, 0.717) is 36.9 Å². The number of rotatable bonds is 4. The molecule has 0 aliphatic heterocycles. The van der Waals surface area contributed by atoms with Gasteiger partial charge in [-0.25, -0.2) is 0 Å². The highest BCUT2D eigenvalue weighted by Gasteiger charge is 2.30. The lowest BCUT2D eigenvalue weighted by atomic mass is 9.74. The molecule has 1 saturated carbocycles. The Balaban J connectivity index is 2.43. The van der Waals surface area contributed by atoms with Gasteiger partial charge in [-0.1, -0.05) is 13.8 Å². The summed E-state index contributed by atoms with van der Waals surface area (Å²) in [5.41, 5.74) is 0. The average Bonchev–Trinajstić information content (AvgIpc) is 2.27. The molecule has 0 saturated heterocycles. The predicted octanol–water partition coefficient (Wildman–Crippen LogP) is 2.58. The third kappa shape index (κ3) is 3.62. The standard InChI is InChI=1S/C13H22O3/c1-9(2)10-4-6-12(14)11(8-10)5-7-13(15)16-3/h9-11H,4-8H2,1-3H3. The molecule has 16 heavy (non-hydrogen) atoms. The van der Waals surface area contributed by atoms with Gasteiger partial charge in [-0.15, -0.1) is 0 Å². The molecule has 1 aliphatic carbocycles. The molecule has 0 radical (unpaired) electrons. The van der Waals surface area contributed by atoms with Crippen LogP contribution in [0.25, 0.3) is 0 Å². The van der Waals surface area contributed by atoms with Gasteiger partial charge in [0.05, 0.1) is 7.11 Å². The molecule has 0 aromatic rings. The van der Waals surface area contributed by atoms with Gasteiger partial charge in [-0.2, -0.15) is 0 Å². The quantitative estimate of drug-likeness (QED) is 0.692. The summed E-state index contributed by atoms with van der Waals surface area (Å²) < 4.78 is 4.60. The number of ether oxygens (including phenoxy) is 1. The van der Waals surface area contributed by atoms with Crippen molar-refractivity contribution in [2.45, 2.75) is 46.0 Å². The minimum Gasteiger partial charge on any atom is -0.469 e. The van der Waals surface area contributed by atoms with Crippen molar-refractivity contribution in [3.8, 4) is 0 Å². The highest BCUT2D eigenvalue weighted by molar-refractivity contribution is 5.82. The minimum atomic E-state index is -0.209. The largest absolute Gasteiger partial charge is 0.469 e. The van der Waals surface area contributed by atoms with Crippen molar-refractivity contribution in [2.75, 3.05) is 7.11 Å². The second kappa shape index (κ2) is 6.02. The van der Waals surface area contributed by atoms with Crippen LogP contribution in [0.15, 0.2) is 0 Å². The first-order valence-corrected chi connectivity index (χ1v) is 6.14. The molecule has 0 amide bonds. The number of Topliss-reactive ketones (excluding diaryl/α,β-unsaturated/α-hetero) is 1. The Labute approximate surface area is 97.5 Å². The van der Waals surface area contributed by atoms with E-state index in [2.05, 4.69) is 18.6 Å². The Morgan fingerprint density at radius 2 is 2.19 bits per heavy atom. The van der Waals surface area contributed by atoms with Gasteiger partial charge in [0.2, 0.25) is 0 Å². The van der Waals surface area contributed by atoms with Gasteiger partial charge in [0.15, 0.2) is 0 Å². The molecule has 0 heterocycles. The summed E-state index contributed by atoms with van der Waals surface area (Å²) in [6.07, 6.45) is 3.69. The van der Waals surface area contributed by atoms with Gasteiger partial charge >= 0.3 is 5.97 Å². The minimum absolute atomic E-state index is 0.0836. The number of esters is 1. The molecule has 3 heteroatoms. The van der Waals surface area contributed by atoms with Gasteiger partial charge in [0, 0.05) is 18.8 Å². The highest BCUT2D eigenvalue weighted by atomic mass is 16.5. The summed E-state index contributed by atoms with van der Waals surface area (Å²) in [6.45, 7) is 4.41. The number of carbonyl (C=O) groups excluding carboxylic acids is 2. The van der Waals surface area contributed by atoms with Crippen molar-refractivity contribution in [3.05, 3.63) is 0 Å². The molecule has 92 valence electrons. The van der Waals surface area contributed by atoms with Crippen LogP contribution in [0.4, 0.5) is 0 Å². The van der Waals surface area contributed by atoms with Gasteiger partial charge in [0.1, 0.15) is 5.78 Å². The van der Waals surface area contributed by atoms with Crippen molar-refractivity contribution < 1.29 is 14.3 Å². The van der Waals surface area contributed by atoms with Crippen LogP contribution in [0.1, 0.15) is 46.0 Å². The lowest BCUT2D eigenvalue weighted by Gasteiger charge is -2.30. The van der Waals surface area contributed by atoms with E-state index in [1.807, 2.05) is 0 Å². The van der Waals surface area contributed by atoms with E-state index in [0.717, 1.165) is 12.8 Å². The van der Waals surface area contributed by atoms with Crippen LogP contribution in [-0.2, 0) is 14.3 Å². The third-order valence-electron chi connectivity index (χ3n) is 3.67. The molecule has 0 aromatic heterocycles. The topological polar surface area (TPSA) is 43.4 Å². The molecule has 1 aliphatic rings. The van der Waals surface area contributed by atoms with E-state index in [9.17, 15) is 9.59 Å². The normalized spacial score (nSPS) is 25.9. The van der Waals surface area contributed by atoms with Crippen LogP contribution in [0.2, 0.25) is 0 Å².